The lowest BCUT2D eigenvalue weighted by molar-refractivity contribution is 0.0687. The number of carbonyl (C=O) groups excluding carboxylic acids is 1. The molecule has 2 aromatic rings. The van der Waals surface area contributed by atoms with E-state index in [1.807, 2.05) is 42.2 Å². The molecule has 1 saturated heterocycles. The summed E-state index contributed by atoms with van der Waals surface area (Å²) >= 11 is 0. The molecular formula is C23H29NO3. The van der Waals surface area contributed by atoms with E-state index in [0.29, 0.717) is 5.92 Å². The summed E-state index contributed by atoms with van der Waals surface area (Å²) in [6, 6.07) is 13.9. The van der Waals surface area contributed by atoms with Crippen molar-refractivity contribution in [1.29, 1.82) is 0 Å². The quantitative estimate of drug-likeness (QED) is 0.755. The number of carbonyl (C=O) groups is 1. The molecule has 1 aliphatic rings. The van der Waals surface area contributed by atoms with Crippen LogP contribution in [-0.2, 0) is 6.42 Å². The summed E-state index contributed by atoms with van der Waals surface area (Å²) in [4.78, 5) is 14.7. The highest BCUT2D eigenvalue weighted by atomic mass is 16.5. The summed E-state index contributed by atoms with van der Waals surface area (Å²) in [6.07, 6.45) is 4.27. The van der Waals surface area contributed by atoms with Crippen LogP contribution in [0.15, 0.2) is 42.5 Å². The first-order valence-corrected chi connectivity index (χ1v) is 9.67. The number of amides is 1. The van der Waals surface area contributed by atoms with Crippen LogP contribution in [0, 0.1) is 12.8 Å². The largest absolute Gasteiger partial charge is 0.497 e. The first-order chi connectivity index (χ1) is 13.1. The van der Waals surface area contributed by atoms with Gasteiger partial charge in [0, 0.05) is 24.7 Å². The van der Waals surface area contributed by atoms with E-state index < -0.39 is 0 Å². The van der Waals surface area contributed by atoms with Gasteiger partial charge >= 0.3 is 0 Å². The number of benzene rings is 2. The minimum atomic E-state index is 0.162. The average molecular weight is 367 g/mol. The molecule has 0 saturated carbocycles. The number of likely N-dealkylation sites (tertiary alicyclic amines) is 1. The Bertz CT molecular complexity index is 757. The lowest BCUT2D eigenvalue weighted by atomic mass is 9.90. The zero-order valence-corrected chi connectivity index (χ0v) is 16.5. The Morgan fingerprint density at radius 2 is 1.70 bits per heavy atom. The van der Waals surface area contributed by atoms with Gasteiger partial charge in [-0.15, -0.1) is 0 Å². The smallest absolute Gasteiger partial charge is 0.253 e. The van der Waals surface area contributed by atoms with Crippen molar-refractivity contribution in [2.24, 2.45) is 5.92 Å². The van der Waals surface area contributed by atoms with E-state index >= 15 is 0 Å². The monoisotopic (exact) mass is 367 g/mol. The Hall–Kier alpha value is -2.49. The summed E-state index contributed by atoms with van der Waals surface area (Å²) in [5, 5.41) is 0. The lowest BCUT2D eigenvalue weighted by Gasteiger charge is -2.32. The lowest BCUT2D eigenvalue weighted by Crippen LogP contribution is -2.38. The van der Waals surface area contributed by atoms with Crippen molar-refractivity contribution >= 4 is 5.91 Å². The molecule has 4 heteroatoms. The van der Waals surface area contributed by atoms with Gasteiger partial charge in [0.25, 0.3) is 5.91 Å². The van der Waals surface area contributed by atoms with E-state index in [4.69, 9.17) is 9.47 Å². The van der Waals surface area contributed by atoms with Gasteiger partial charge in [0.05, 0.1) is 14.2 Å². The van der Waals surface area contributed by atoms with Crippen LogP contribution in [0.1, 0.15) is 40.7 Å². The van der Waals surface area contributed by atoms with E-state index in [1.165, 1.54) is 5.56 Å². The first-order valence-electron chi connectivity index (χ1n) is 9.67. The molecule has 1 amide bonds. The molecule has 27 heavy (non-hydrogen) atoms. The molecular weight excluding hydrogens is 338 g/mol. The van der Waals surface area contributed by atoms with Crippen molar-refractivity contribution in [3.8, 4) is 11.5 Å². The van der Waals surface area contributed by atoms with Crippen LogP contribution in [0.2, 0.25) is 0 Å². The van der Waals surface area contributed by atoms with Gasteiger partial charge < -0.3 is 14.4 Å². The SMILES string of the molecule is COc1cc(CCC2CCN(C(=O)c3cccc(C)c3)CC2)cc(OC)c1. The number of hydrogen-bond donors (Lipinski definition) is 0. The van der Waals surface area contributed by atoms with Crippen molar-refractivity contribution in [1.82, 2.24) is 4.90 Å². The van der Waals surface area contributed by atoms with Gasteiger partial charge in [-0.1, -0.05) is 17.7 Å². The Morgan fingerprint density at radius 3 is 2.30 bits per heavy atom. The molecule has 1 heterocycles. The fourth-order valence-electron chi connectivity index (χ4n) is 3.77. The third kappa shape index (κ3) is 5.03. The zero-order chi connectivity index (χ0) is 19.2. The van der Waals surface area contributed by atoms with Crippen LogP contribution in [-0.4, -0.2) is 38.1 Å². The number of piperidine rings is 1. The van der Waals surface area contributed by atoms with Crippen molar-refractivity contribution in [3.05, 3.63) is 59.2 Å². The highest BCUT2D eigenvalue weighted by molar-refractivity contribution is 5.94. The second-order valence-electron chi connectivity index (χ2n) is 7.36. The Balaban J connectivity index is 1.52. The maximum absolute atomic E-state index is 12.7. The molecule has 0 spiro atoms. The minimum Gasteiger partial charge on any atom is -0.497 e. The average Bonchev–Trinajstić information content (AvgIpc) is 2.71. The predicted octanol–water partition coefficient (Wildman–Crippen LogP) is 4.50. The third-order valence-electron chi connectivity index (χ3n) is 5.42. The third-order valence-corrected chi connectivity index (χ3v) is 5.42. The molecule has 0 atom stereocenters. The first kappa shape index (κ1) is 19.3. The molecule has 0 N–H and O–H groups in total. The number of nitrogens with zero attached hydrogens (tertiary/aromatic N) is 1. The van der Waals surface area contributed by atoms with Gasteiger partial charge in [-0.3, -0.25) is 4.79 Å². The minimum absolute atomic E-state index is 0.162. The van der Waals surface area contributed by atoms with Crippen LogP contribution in [0.25, 0.3) is 0 Å². The number of hydrogen-bond acceptors (Lipinski definition) is 3. The van der Waals surface area contributed by atoms with Gasteiger partial charge in [0.15, 0.2) is 0 Å². The molecule has 1 fully saturated rings. The van der Waals surface area contributed by atoms with E-state index in [9.17, 15) is 4.79 Å². The maximum atomic E-state index is 12.7. The molecule has 1 aliphatic heterocycles. The Kier molecular flexibility index (Phi) is 6.38. The van der Waals surface area contributed by atoms with Crippen LogP contribution >= 0.6 is 0 Å². The number of aryl methyl sites for hydroxylation is 2. The molecule has 3 rings (SSSR count). The van der Waals surface area contributed by atoms with E-state index in [2.05, 4.69) is 12.1 Å². The van der Waals surface area contributed by atoms with Gasteiger partial charge in [0.1, 0.15) is 11.5 Å². The molecule has 144 valence electrons. The highest BCUT2D eigenvalue weighted by Crippen LogP contribution is 2.27. The van der Waals surface area contributed by atoms with E-state index in [1.54, 1.807) is 14.2 Å². The van der Waals surface area contributed by atoms with Crippen molar-refractivity contribution in [2.75, 3.05) is 27.3 Å². The van der Waals surface area contributed by atoms with Crippen LogP contribution in [0.3, 0.4) is 0 Å². The molecule has 2 aromatic carbocycles. The highest BCUT2D eigenvalue weighted by Gasteiger charge is 2.23. The normalized spacial score (nSPS) is 14.9. The van der Waals surface area contributed by atoms with Crippen molar-refractivity contribution < 1.29 is 14.3 Å². The van der Waals surface area contributed by atoms with Crippen LogP contribution < -0.4 is 9.47 Å². The summed E-state index contributed by atoms with van der Waals surface area (Å²) < 4.78 is 10.7. The number of methoxy groups -OCH3 is 2. The number of ether oxygens (including phenoxy) is 2. The van der Waals surface area contributed by atoms with Gasteiger partial charge in [-0.05, 0) is 68.4 Å². The second-order valence-corrected chi connectivity index (χ2v) is 7.36. The summed E-state index contributed by atoms with van der Waals surface area (Å²) in [5.74, 6) is 2.49. The van der Waals surface area contributed by atoms with Crippen LogP contribution in [0.5, 0.6) is 11.5 Å². The molecule has 0 unspecified atom stereocenters. The zero-order valence-electron chi connectivity index (χ0n) is 16.5. The van der Waals surface area contributed by atoms with Crippen molar-refractivity contribution in [2.45, 2.75) is 32.6 Å². The standard InChI is InChI=1S/C23H29NO3/c1-17-5-4-6-20(13-17)23(25)24-11-9-18(10-12-24)7-8-19-14-21(26-2)16-22(15-19)27-3/h4-6,13-16,18H,7-12H2,1-3H3. The Labute approximate surface area is 162 Å². The Morgan fingerprint density at radius 1 is 1.04 bits per heavy atom. The summed E-state index contributed by atoms with van der Waals surface area (Å²) in [5.41, 5.74) is 3.17. The summed E-state index contributed by atoms with van der Waals surface area (Å²) in [7, 11) is 3.36. The topological polar surface area (TPSA) is 38.8 Å². The van der Waals surface area contributed by atoms with E-state index in [0.717, 1.165) is 61.4 Å². The fraction of sp³-hybridized carbons (Fsp3) is 0.435. The second kappa shape index (κ2) is 8.94. The predicted molar refractivity (Wildman–Crippen MR) is 108 cm³/mol. The number of rotatable bonds is 6. The van der Waals surface area contributed by atoms with Crippen LogP contribution in [0.4, 0.5) is 0 Å². The maximum Gasteiger partial charge on any atom is 0.253 e. The van der Waals surface area contributed by atoms with Crippen molar-refractivity contribution in [3.63, 3.8) is 0 Å². The van der Waals surface area contributed by atoms with Gasteiger partial charge in [0.2, 0.25) is 0 Å². The molecule has 0 aliphatic carbocycles. The summed E-state index contributed by atoms with van der Waals surface area (Å²) in [6.45, 7) is 3.72. The molecule has 0 aromatic heterocycles. The van der Waals surface area contributed by atoms with Gasteiger partial charge in [-0.25, -0.2) is 0 Å². The fourth-order valence-corrected chi connectivity index (χ4v) is 3.77. The molecule has 0 radical (unpaired) electrons. The van der Waals surface area contributed by atoms with E-state index in [-0.39, 0.29) is 5.91 Å². The molecule has 0 bridgehead atoms. The molecule has 4 nitrogen and oxygen atoms in total. The van der Waals surface area contributed by atoms with Gasteiger partial charge in [-0.2, -0.15) is 0 Å².